The van der Waals surface area contributed by atoms with Gasteiger partial charge in [0.05, 0.1) is 19.1 Å². The van der Waals surface area contributed by atoms with Gasteiger partial charge in [-0.15, -0.1) is 0 Å². The molecule has 4 nitrogen and oxygen atoms in total. The van der Waals surface area contributed by atoms with Crippen LogP contribution >= 0.6 is 0 Å². The smallest absolute Gasteiger partial charge is 0.223 e. The van der Waals surface area contributed by atoms with Crippen LogP contribution in [0.15, 0.2) is 54.6 Å². The average Bonchev–Trinajstić information content (AvgIpc) is 2.57. The molecule has 2 unspecified atom stereocenters. The first-order valence-corrected chi connectivity index (χ1v) is 7.95. The largest absolute Gasteiger partial charge is 0.493 e. The third kappa shape index (κ3) is 6.01. The number of aliphatic hydroxyl groups excluding tert-OH is 1. The lowest BCUT2D eigenvalue weighted by molar-refractivity contribution is -0.122. The first-order valence-electron chi connectivity index (χ1n) is 7.95. The van der Waals surface area contributed by atoms with Crippen molar-refractivity contribution in [3.63, 3.8) is 0 Å². The molecule has 2 N–H and O–H groups in total. The molecule has 24 heavy (non-hydrogen) atoms. The molecule has 0 radical (unpaired) electrons. The van der Waals surface area contributed by atoms with E-state index in [0.29, 0.717) is 12.2 Å². The quantitative estimate of drug-likeness (QED) is 0.781. The zero-order chi connectivity index (χ0) is 17.4. The van der Waals surface area contributed by atoms with Gasteiger partial charge in [-0.2, -0.15) is 0 Å². The summed E-state index contributed by atoms with van der Waals surface area (Å²) < 4.78 is 18.2. The molecule has 0 saturated heterocycles. The molecule has 0 aliphatic carbocycles. The Balaban J connectivity index is 1.68. The van der Waals surface area contributed by atoms with E-state index in [1.807, 2.05) is 37.3 Å². The van der Waals surface area contributed by atoms with E-state index < -0.39 is 6.10 Å². The van der Waals surface area contributed by atoms with Crippen molar-refractivity contribution in [3.8, 4) is 5.75 Å². The fourth-order valence-corrected chi connectivity index (χ4v) is 2.34. The zero-order valence-electron chi connectivity index (χ0n) is 13.6. The minimum Gasteiger partial charge on any atom is -0.493 e. The van der Waals surface area contributed by atoms with Crippen molar-refractivity contribution in [3.05, 3.63) is 66.0 Å². The van der Waals surface area contributed by atoms with E-state index >= 15 is 0 Å². The second-order valence-electron chi connectivity index (χ2n) is 5.68. The van der Waals surface area contributed by atoms with Crippen LogP contribution < -0.4 is 10.1 Å². The average molecular weight is 331 g/mol. The van der Waals surface area contributed by atoms with Crippen LogP contribution in [0.1, 0.15) is 31.4 Å². The number of ether oxygens (including phenoxy) is 1. The summed E-state index contributed by atoms with van der Waals surface area (Å²) in [6, 6.07) is 14.8. The van der Waals surface area contributed by atoms with E-state index in [4.69, 9.17) is 4.74 Å². The normalized spacial score (nSPS) is 13.1. The maximum absolute atomic E-state index is 12.8. The van der Waals surface area contributed by atoms with Gasteiger partial charge < -0.3 is 15.2 Å². The molecule has 0 saturated carbocycles. The minimum atomic E-state index is -0.614. The van der Waals surface area contributed by atoms with E-state index in [2.05, 4.69) is 5.32 Å². The second kappa shape index (κ2) is 9.03. The van der Waals surface area contributed by atoms with E-state index in [9.17, 15) is 14.3 Å². The first kappa shape index (κ1) is 17.9. The van der Waals surface area contributed by atoms with Crippen molar-refractivity contribution < 1.29 is 19.0 Å². The monoisotopic (exact) mass is 331 g/mol. The van der Waals surface area contributed by atoms with Gasteiger partial charge in [0.2, 0.25) is 5.91 Å². The molecule has 5 heteroatoms. The standard InChI is InChI=1S/C19H22FNO3/c1-14(13-18(22)15-5-3-2-4-6-15)21-19(23)11-12-24-17-9-7-16(20)8-10-17/h2-10,14,18,22H,11-13H2,1H3,(H,21,23). The Bertz CT molecular complexity index is 631. The summed E-state index contributed by atoms with van der Waals surface area (Å²) in [5.41, 5.74) is 0.832. The maximum atomic E-state index is 12.8. The van der Waals surface area contributed by atoms with Crippen molar-refractivity contribution in [1.29, 1.82) is 0 Å². The highest BCUT2D eigenvalue weighted by atomic mass is 19.1. The molecule has 2 rings (SSSR count). The van der Waals surface area contributed by atoms with Crippen LogP contribution in [0.3, 0.4) is 0 Å². The summed E-state index contributed by atoms with van der Waals surface area (Å²) in [6.45, 7) is 2.07. The topological polar surface area (TPSA) is 58.6 Å². The van der Waals surface area contributed by atoms with Crippen LogP contribution in [0, 0.1) is 5.82 Å². The number of nitrogens with one attached hydrogen (secondary N) is 1. The van der Waals surface area contributed by atoms with Crippen LogP contribution in [0.25, 0.3) is 0 Å². The summed E-state index contributed by atoms with van der Waals surface area (Å²) >= 11 is 0. The van der Waals surface area contributed by atoms with Crippen LogP contribution in [0.4, 0.5) is 4.39 Å². The molecular weight excluding hydrogens is 309 g/mol. The SMILES string of the molecule is CC(CC(O)c1ccccc1)NC(=O)CCOc1ccc(F)cc1. The van der Waals surface area contributed by atoms with Crippen molar-refractivity contribution in [2.45, 2.75) is 31.9 Å². The predicted molar refractivity (Wildman–Crippen MR) is 90.1 cm³/mol. The Hall–Kier alpha value is -2.40. The Kier molecular flexibility index (Phi) is 6.75. The number of hydrogen-bond donors (Lipinski definition) is 2. The maximum Gasteiger partial charge on any atom is 0.223 e. The minimum absolute atomic E-state index is 0.148. The lowest BCUT2D eigenvalue weighted by Crippen LogP contribution is -2.34. The molecule has 128 valence electrons. The van der Waals surface area contributed by atoms with Gasteiger partial charge >= 0.3 is 0 Å². The number of benzene rings is 2. The van der Waals surface area contributed by atoms with E-state index in [1.165, 1.54) is 24.3 Å². The van der Waals surface area contributed by atoms with E-state index in [-0.39, 0.29) is 30.8 Å². The molecule has 0 fully saturated rings. The molecule has 0 spiro atoms. The van der Waals surface area contributed by atoms with Crippen molar-refractivity contribution >= 4 is 5.91 Å². The van der Waals surface area contributed by atoms with E-state index in [1.54, 1.807) is 0 Å². The molecule has 0 heterocycles. The summed E-state index contributed by atoms with van der Waals surface area (Å²) in [5, 5.41) is 13.0. The number of amides is 1. The molecular formula is C19H22FNO3. The van der Waals surface area contributed by atoms with E-state index in [0.717, 1.165) is 5.56 Å². The number of carbonyl (C=O) groups is 1. The summed E-state index contributed by atoms with van der Waals surface area (Å²) in [4.78, 5) is 11.9. The Labute approximate surface area is 141 Å². The molecule has 0 bridgehead atoms. The van der Waals surface area contributed by atoms with Gasteiger partial charge in [0.25, 0.3) is 0 Å². The van der Waals surface area contributed by atoms with Gasteiger partial charge in [-0.3, -0.25) is 4.79 Å². The molecule has 0 aliphatic rings. The van der Waals surface area contributed by atoms with Gasteiger partial charge in [-0.1, -0.05) is 30.3 Å². The number of carbonyl (C=O) groups excluding carboxylic acids is 1. The molecule has 0 aromatic heterocycles. The van der Waals surface area contributed by atoms with Crippen LogP contribution in [-0.2, 0) is 4.79 Å². The Morgan fingerprint density at radius 3 is 2.50 bits per heavy atom. The van der Waals surface area contributed by atoms with Crippen molar-refractivity contribution in [1.82, 2.24) is 5.32 Å². The fourth-order valence-electron chi connectivity index (χ4n) is 2.34. The molecule has 2 atom stereocenters. The number of hydrogen-bond acceptors (Lipinski definition) is 3. The third-order valence-corrected chi connectivity index (χ3v) is 3.58. The van der Waals surface area contributed by atoms with Gasteiger partial charge in [0.15, 0.2) is 0 Å². The first-order chi connectivity index (χ1) is 11.5. The molecule has 0 aliphatic heterocycles. The van der Waals surface area contributed by atoms with Crippen LogP contribution in [0.2, 0.25) is 0 Å². The van der Waals surface area contributed by atoms with Gasteiger partial charge in [0.1, 0.15) is 11.6 Å². The lowest BCUT2D eigenvalue weighted by atomic mass is 10.0. The zero-order valence-corrected chi connectivity index (χ0v) is 13.6. The Morgan fingerprint density at radius 2 is 1.83 bits per heavy atom. The number of rotatable bonds is 8. The van der Waals surface area contributed by atoms with Gasteiger partial charge in [-0.05, 0) is 43.2 Å². The highest BCUT2D eigenvalue weighted by Crippen LogP contribution is 2.17. The Morgan fingerprint density at radius 1 is 1.17 bits per heavy atom. The lowest BCUT2D eigenvalue weighted by Gasteiger charge is -2.18. The number of halogens is 1. The molecule has 2 aromatic carbocycles. The van der Waals surface area contributed by atoms with Crippen LogP contribution in [0.5, 0.6) is 5.75 Å². The van der Waals surface area contributed by atoms with Crippen LogP contribution in [-0.4, -0.2) is 23.7 Å². The van der Waals surface area contributed by atoms with Crippen molar-refractivity contribution in [2.75, 3.05) is 6.61 Å². The highest BCUT2D eigenvalue weighted by molar-refractivity contribution is 5.76. The highest BCUT2D eigenvalue weighted by Gasteiger charge is 2.14. The predicted octanol–water partition coefficient (Wildman–Crippen LogP) is 3.22. The van der Waals surface area contributed by atoms with Crippen molar-refractivity contribution in [2.24, 2.45) is 0 Å². The third-order valence-electron chi connectivity index (χ3n) is 3.58. The molecule has 2 aromatic rings. The summed E-state index contributed by atoms with van der Waals surface area (Å²) in [5.74, 6) is 0.0486. The fraction of sp³-hybridized carbons (Fsp3) is 0.316. The second-order valence-corrected chi connectivity index (χ2v) is 5.68. The van der Waals surface area contributed by atoms with Gasteiger partial charge in [-0.25, -0.2) is 4.39 Å². The number of aliphatic hydroxyl groups is 1. The molecule has 1 amide bonds. The summed E-state index contributed by atoms with van der Waals surface area (Å²) in [7, 11) is 0. The summed E-state index contributed by atoms with van der Waals surface area (Å²) in [6.07, 6.45) is 0.0227. The van der Waals surface area contributed by atoms with Gasteiger partial charge in [0, 0.05) is 6.04 Å².